The second-order valence-electron chi connectivity index (χ2n) is 5.82. The Morgan fingerprint density at radius 2 is 1.76 bits per heavy atom. The van der Waals surface area contributed by atoms with E-state index in [1.165, 1.54) is 5.56 Å². The van der Waals surface area contributed by atoms with Crippen LogP contribution in [0.1, 0.15) is 38.3 Å². The van der Waals surface area contributed by atoms with Gasteiger partial charge < -0.3 is 10.5 Å². The van der Waals surface area contributed by atoms with Crippen molar-refractivity contribution in [3.05, 3.63) is 58.6 Å². The van der Waals surface area contributed by atoms with Crippen molar-refractivity contribution in [1.82, 2.24) is 0 Å². The van der Waals surface area contributed by atoms with Gasteiger partial charge in [-0.3, -0.25) is 0 Å². The lowest BCUT2D eigenvalue weighted by molar-refractivity contribution is 0.473. The third kappa shape index (κ3) is 3.78. The summed E-state index contributed by atoms with van der Waals surface area (Å²) in [6, 6.07) is 13.7. The molecule has 0 aliphatic rings. The van der Waals surface area contributed by atoms with E-state index < -0.39 is 0 Å². The molecule has 0 bridgehead atoms. The van der Waals surface area contributed by atoms with Crippen molar-refractivity contribution in [2.75, 3.05) is 0 Å². The lowest BCUT2D eigenvalue weighted by Gasteiger charge is -2.23. The molecule has 0 atom stereocenters. The summed E-state index contributed by atoms with van der Waals surface area (Å²) in [7, 11) is 0. The molecular weight excluding hydrogens is 282 g/mol. The van der Waals surface area contributed by atoms with E-state index in [4.69, 9.17) is 22.1 Å². The summed E-state index contributed by atoms with van der Waals surface area (Å²) in [6.07, 6.45) is 1.10. The molecule has 2 N–H and O–H groups in total. The molecule has 0 unspecified atom stereocenters. The van der Waals surface area contributed by atoms with Gasteiger partial charge in [-0.05, 0) is 41.7 Å². The molecule has 0 radical (unpaired) electrons. The van der Waals surface area contributed by atoms with Crippen LogP contribution in [-0.4, -0.2) is 0 Å². The van der Waals surface area contributed by atoms with Crippen molar-refractivity contribution >= 4 is 11.6 Å². The number of hydrogen-bond donors (Lipinski definition) is 1. The molecule has 0 fully saturated rings. The van der Waals surface area contributed by atoms with E-state index in [1.807, 2.05) is 24.3 Å². The minimum atomic E-state index is 0.178. The monoisotopic (exact) mass is 303 g/mol. The summed E-state index contributed by atoms with van der Waals surface area (Å²) in [5.74, 6) is 1.51. The molecule has 112 valence electrons. The minimum Gasteiger partial charge on any atom is -0.457 e. The molecule has 0 heterocycles. The lowest BCUT2D eigenvalue weighted by Crippen LogP contribution is -2.14. The van der Waals surface area contributed by atoms with Crippen LogP contribution in [0, 0.1) is 0 Å². The van der Waals surface area contributed by atoms with E-state index in [2.05, 4.69) is 32.9 Å². The van der Waals surface area contributed by atoms with Crippen LogP contribution in [0.25, 0.3) is 0 Å². The van der Waals surface area contributed by atoms with Crippen LogP contribution in [-0.2, 0) is 12.0 Å². The third-order valence-corrected chi connectivity index (χ3v) is 4.23. The van der Waals surface area contributed by atoms with E-state index in [1.54, 1.807) is 6.07 Å². The SMILES string of the molecule is CCC(C)(C)c1ccc(Oc2cc(Cl)ccc2CN)cc1. The first-order valence-corrected chi connectivity index (χ1v) is 7.61. The van der Waals surface area contributed by atoms with Crippen LogP contribution >= 0.6 is 11.6 Å². The number of hydrogen-bond acceptors (Lipinski definition) is 2. The van der Waals surface area contributed by atoms with Gasteiger partial charge in [-0.15, -0.1) is 0 Å². The fourth-order valence-electron chi connectivity index (χ4n) is 2.10. The maximum absolute atomic E-state index is 6.02. The van der Waals surface area contributed by atoms with Crippen molar-refractivity contribution in [2.45, 2.75) is 39.2 Å². The molecule has 0 saturated heterocycles. The van der Waals surface area contributed by atoms with Gasteiger partial charge >= 0.3 is 0 Å². The zero-order chi connectivity index (χ0) is 15.5. The van der Waals surface area contributed by atoms with Gasteiger partial charge in [0.1, 0.15) is 11.5 Å². The summed E-state index contributed by atoms with van der Waals surface area (Å²) >= 11 is 6.02. The van der Waals surface area contributed by atoms with Gasteiger partial charge in [0.25, 0.3) is 0 Å². The normalized spacial score (nSPS) is 11.5. The van der Waals surface area contributed by atoms with Crippen LogP contribution in [0.5, 0.6) is 11.5 Å². The Bertz CT molecular complexity index is 605. The smallest absolute Gasteiger partial charge is 0.133 e. The summed E-state index contributed by atoms with van der Waals surface area (Å²) in [6.45, 7) is 7.11. The van der Waals surface area contributed by atoms with Gasteiger partial charge in [0.15, 0.2) is 0 Å². The molecule has 2 nitrogen and oxygen atoms in total. The topological polar surface area (TPSA) is 35.2 Å². The molecule has 2 aromatic rings. The van der Waals surface area contributed by atoms with E-state index in [0.29, 0.717) is 17.3 Å². The summed E-state index contributed by atoms with van der Waals surface area (Å²) < 4.78 is 5.92. The second kappa shape index (κ2) is 6.50. The number of nitrogens with two attached hydrogens (primary N) is 1. The Morgan fingerprint density at radius 3 is 2.33 bits per heavy atom. The average molecular weight is 304 g/mol. The van der Waals surface area contributed by atoms with Crippen LogP contribution in [0.3, 0.4) is 0 Å². The van der Waals surface area contributed by atoms with Crippen molar-refractivity contribution in [2.24, 2.45) is 5.73 Å². The molecule has 3 heteroatoms. The fraction of sp³-hybridized carbons (Fsp3) is 0.333. The molecule has 0 amide bonds. The molecular formula is C18H22ClNO. The van der Waals surface area contributed by atoms with Crippen molar-refractivity contribution < 1.29 is 4.74 Å². The Hall–Kier alpha value is -1.51. The van der Waals surface area contributed by atoms with Crippen molar-refractivity contribution in [1.29, 1.82) is 0 Å². The van der Waals surface area contributed by atoms with Gasteiger partial charge in [0, 0.05) is 17.1 Å². The second-order valence-corrected chi connectivity index (χ2v) is 6.26. The highest BCUT2D eigenvalue weighted by atomic mass is 35.5. The number of benzene rings is 2. The molecule has 2 rings (SSSR count). The summed E-state index contributed by atoms with van der Waals surface area (Å²) in [5, 5.41) is 0.644. The molecule has 0 spiro atoms. The first-order chi connectivity index (χ1) is 9.96. The zero-order valence-corrected chi connectivity index (χ0v) is 13.6. The Balaban J connectivity index is 2.23. The molecule has 0 aliphatic heterocycles. The van der Waals surface area contributed by atoms with Crippen molar-refractivity contribution in [3.63, 3.8) is 0 Å². The summed E-state index contributed by atoms with van der Waals surface area (Å²) in [4.78, 5) is 0. The molecule has 21 heavy (non-hydrogen) atoms. The average Bonchev–Trinajstić information content (AvgIpc) is 2.48. The van der Waals surface area contributed by atoms with Gasteiger partial charge in [-0.1, -0.05) is 50.6 Å². The van der Waals surface area contributed by atoms with Crippen LogP contribution in [0.15, 0.2) is 42.5 Å². The molecule has 0 aliphatic carbocycles. The minimum absolute atomic E-state index is 0.178. The summed E-state index contributed by atoms with van der Waals surface area (Å²) in [5.41, 5.74) is 8.16. The van der Waals surface area contributed by atoms with Crippen LogP contribution in [0.2, 0.25) is 5.02 Å². The van der Waals surface area contributed by atoms with Gasteiger partial charge in [0.05, 0.1) is 0 Å². The van der Waals surface area contributed by atoms with Gasteiger partial charge in [0.2, 0.25) is 0 Å². The maximum Gasteiger partial charge on any atom is 0.133 e. The number of ether oxygens (including phenoxy) is 1. The molecule has 0 aromatic heterocycles. The highest BCUT2D eigenvalue weighted by Gasteiger charge is 2.17. The van der Waals surface area contributed by atoms with Crippen molar-refractivity contribution in [3.8, 4) is 11.5 Å². The Kier molecular flexibility index (Phi) is 4.92. The molecule has 0 saturated carbocycles. The highest BCUT2D eigenvalue weighted by molar-refractivity contribution is 6.30. The third-order valence-electron chi connectivity index (χ3n) is 4.00. The number of rotatable bonds is 5. The lowest BCUT2D eigenvalue weighted by atomic mass is 9.82. The van der Waals surface area contributed by atoms with E-state index in [9.17, 15) is 0 Å². The van der Waals surface area contributed by atoms with Crippen LogP contribution in [0.4, 0.5) is 0 Å². The predicted octanol–water partition coefficient (Wildman–Crippen LogP) is 5.28. The standard InChI is InChI=1S/C18H22ClNO/c1-4-18(2,3)14-6-9-16(10-7-14)21-17-11-15(19)8-5-13(17)12-20/h5-11H,4,12,20H2,1-3H3. The fourth-order valence-corrected chi connectivity index (χ4v) is 2.26. The van der Waals surface area contributed by atoms with Crippen LogP contribution < -0.4 is 10.5 Å². The Labute approximate surface area is 131 Å². The zero-order valence-electron chi connectivity index (χ0n) is 12.8. The largest absolute Gasteiger partial charge is 0.457 e. The van der Waals surface area contributed by atoms with E-state index in [0.717, 1.165) is 17.7 Å². The van der Waals surface area contributed by atoms with E-state index in [-0.39, 0.29) is 5.41 Å². The molecule has 2 aromatic carbocycles. The van der Waals surface area contributed by atoms with Gasteiger partial charge in [-0.25, -0.2) is 0 Å². The highest BCUT2D eigenvalue weighted by Crippen LogP contribution is 2.31. The van der Waals surface area contributed by atoms with E-state index >= 15 is 0 Å². The van der Waals surface area contributed by atoms with Gasteiger partial charge in [-0.2, -0.15) is 0 Å². The number of halogens is 1. The first-order valence-electron chi connectivity index (χ1n) is 7.23. The predicted molar refractivity (Wildman–Crippen MR) is 89.2 cm³/mol. The quantitative estimate of drug-likeness (QED) is 0.815. The first kappa shape index (κ1) is 15.9. The Morgan fingerprint density at radius 1 is 1.10 bits per heavy atom. The maximum atomic E-state index is 6.02.